The Morgan fingerprint density at radius 2 is 0.983 bits per heavy atom. The van der Waals surface area contributed by atoms with Gasteiger partial charge >= 0.3 is 0 Å². The van der Waals surface area contributed by atoms with E-state index in [1.165, 1.54) is 75.4 Å². The van der Waals surface area contributed by atoms with E-state index in [9.17, 15) is 0 Å². The van der Waals surface area contributed by atoms with Crippen molar-refractivity contribution in [3.05, 3.63) is 200 Å². The van der Waals surface area contributed by atoms with Gasteiger partial charge in [-0.25, -0.2) is 9.97 Å². The van der Waals surface area contributed by atoms with E-state index in [2.05, 4.69) is 180 Å². The van der Waals surface area contributed by atoms with E-state index in [1.807, 2.05) is 35.6 Å². The Morgan fingerprint density at radius 1 is 0.362 bits per heavy atom. The number of hydrogen-bond acceptors (Lipinski definition) is 3. The summed E-state index contributed by atoms with van der Waals surface area (Å²) >= 11 is 1.81. The van der Waals surface area contributed by atoms with Gasteiger partial charge in [0.25, 0.3) is 0 Å². The van der Waals surface area contributed by atoms with Crippen LogP contribution >= 0.6 is 11.3 Å². The molecule has 0 spiro atoms. The van der Waals surface area contributed by atoms with Gasteiger partial charge in [0.05, 0.1) is 16.7 Å². The molecule has 3 aromatic heterocycles. The zero-order chi connectivity index (χ0) is 38.2. The summed E-state index contributed by atoms with van der Waals surface area (Å²) in [5.41, 5.74) is 9.99. The average molecular weight is 756 g/mol. The molecule has 270 valence electrons. The molecule has 0 atom stereocenters. The Kier molecular flexibility index (Phi) is 7.40. The van der Waals surface area contributed by atoms with Crippen LogP contribution in [-0.2, 0) is 0 Å². The SMILES string of the molecule is c1ccc(-c2ccc3c(c2)c2cc4c5ccccc5c5cc(-c6cccc7ccsc67)ccc5c4cc2n3-c2cc(-c3ccccc3)nc(-c3ccccc3)n2)cc1. The fraction of sp³-hybridized carbons (Fsp3) is 0. The van der Waals surface area contributed by atoms with Crippen LogP contribution in [-0.4, -0.2) is 14.5 Å². The van der Waals surface area contributed by atoms with Crippen LogP contribution in [0, 0.1) is 0 Å². The van der Waals surface area contributed by atoms with Gasteiger partial charge in [0.1, 0.15) is 5.82 Å². The normalized spacial score (nSPS) is 11.8. The quantitative estimate of drug-likeness (QED) is 0.164. The predicted molar refractivity (Wildman–Crippen MR) is 246 cm³/mol. The monoisotopic (exact) mass is 755 g/mol. The van der Waals surface area contributed by atoms with Crippen LogP contribution < -0.4 is 0 Å². The third-order valence-corrected chi connectivity index (χ3v) is 12.6. The minimum Gasteiger partial charge on any atom is -0.294 e. The zero-order valence-electron chi connectivity index (χ0n) is 31.3. The van der Waals surface area contributed by atoms with Crippen molar-refractivity contribution in [3.63, 3.8) is 0 Å². The summed E-state index contributed by atoms with van der Waals surface area (Å²) in [5.74, 6) is 1.52. The molecule has 9 aromatic carbocycles. The van der Waals surface area contributed by atoms with E-state index in [0.717, 1.165) is 33.7 Å². The Bertz CT molecular complexity index is 3490. The van der Waals surface area contributed by atoms with Crippen molar-refractivity contribution in [2.75, 3.05) is 0 Å². The second kappa shape index (κ2) is 13.1. The lowest BCUT2D eigenvalue weighted by Gasteiger charge is -2.14. The summed E-state index contributed by atoms with van der Waals surface area (Å²) in [7, 11) is 0. The predicted octanol–water partition coefficient (Wildman–Crippen LogP) is 14.9. The molecule has 0 saturated carbocycles. The van der Waals surface area contributed by atoms with Gasteiger partial charge in [0, 0.05) is 32.7 Å². The number of fused-ring (bicyclic) bond motifs is 10. The van der Waals surface area contributed by atoms with Crippen molar-refractivity contribution in [2.24, 2.45) is 0 Å². The first kappa shape index (κ1) is 32.8. The van der Waals surface area contributed by atoms with Crippen LogP contribution in [0.4, 0.5) is 0 Å². The topological polar surface area (TPSA) is 30.7 Å². The van der Waals surface area contributed by atoms with Gasteiger partial charge in [-0.1, -0.05) is 152 Å². The third kappa shape index (κ3) is 5.19. The highest BCUT2D eigenvalue weighted by Gasteiger charge is 2.20. The molecular weight excluding hydrogens is 723 g/mol. The van der Waals surface area contributed by atoms with E-state index in [0.29, 0.717) is 5.82 Å². The average Bonchev–Trinajstić information content (AvgIpc) is 3.92. The minimum absolute atomic E-state index is 0.693. The first-order chi connectivity index (χ1) is 28.7. The first-order valence-electron chi connectivity index (χ1n) is 19.6. The second-order valence-electron chi connectivity index (χ2n) is 15.0. The lowest BCUT2D eigenvalue weighted by atomic mass is 9.91. The molecule has 0 aliphatic heterocycles. The highest BCUT2D eigenvalue weighted by Crippen LogP contribution is 2.44. The van der Waals surface area contributed by atoms with Gasteiger partial charge in [-0.3, -0.25) is 4.57 Å². The number of benzene rings is 9. The summed E-state index contributed by atoms with van der Waals surface area (Å²) in [6, 6.07) is 70.0. The van der Waals surface area contributed by atoms with Crippen molar-refractivity contribution < 1.29 is 0 Å². The molecule has 0 radical (unpaired) electrons. The molecule has 3 nitrogen and oxygen atoms in total. The molecule has 12 aromatic rings. The molecule has 0 N–H and O–H groups in total. The van der Waals surface area contributed by atoms with Crippen molar-refractivity contribution in [3.8, 4) is 50.7 Å². The van der Waals surface area contributed by atoms with E-state index in [1.54, 1.807) is 0 Å². The number of hydrogen-bond donors (Lipinski definition) is 0. The van der Waals surface area contributed by atoms with Gasteiger partial charge < -0.3 is 0 Å². The van der Waals surface area contributed by atoms with E-state index >= 15 is 0 Å². The maximum Gasteiger partial charge on any atom is 0.162 e. The third-order valence-electron chi connectivity index (χ3n) is 11.7. The number of thiophene rings is 1. The van der Waals surface area contributed by atoms with Crippen LogP contribution in [0.15, 0.2) is 200 Å². The van der Waals surface area contributed by atoms with Gasteiger partial charge in [0.2, 0.25) is 0 Å². The lowest BCUT2D eigenvalue weighted by Crippen LogP contribution is -2.02. The van der Waals surface area contributed by atoms with Crippen molar-refractivity contribution >= 4 is 75.5 Å². The lowest BCUT2D eigenvalue weighted by molar-refractivity contribution is 1.05. The van der Waals surface area contributed by atoms with E-state index < -0.39 is 0 Å². The molecule has 0 aliphatic carbocycles. The maximum atomic E-state index is 5.36. The van der Waals surface area contributed by atoms with Gasteiger partial charge in [0.15, 0.2) is 5.82 Å². The molecule has 3 heterocycles. The molecule has 0 unspecified atom stereocenters. The number of rotatable bonds is 5. The molecule has 58 heavy (non-hydrogen) atoms. The largest absolute Gasteiger partial charge is 0.294 e. The molecule has 12 rings (SSSR count). The maximum absolute atomic E-state index is 5.36. The number of nitrogens with zero attached hydrogens (tertiary/aromatic N) is 3. The highest BCUT2D eigenvalue weighted by molar-refractivity contribution is 7.17. The summed E-state index contributed by atoms with van der Waals surface area (Å²) in [6.07, 6.45) is 0. The fourth-order valence-electron chi connectivity index (χ4n) is 8.93. The molecule has 0 bridgehead atoms. The zero-order valence-corrected chi connectivity index (χ0v) is 32.1. The standard InChI is InChI=1S/C54H33N3S/c1-4-13-34(14-5-1)38-24-26-50-47(29-38)48-31-45-42-21-11-10-20-41(42)44-30-39(40-22-12-19-36-27-28-58-53(36)40)23-25-43(44)46(45)32-51(48)57(50)52-33-49(35-15-6-2-7-16-35)55-54(56-52)37-17-8-3-9-18-37/h1-33H. The molecule has 0 amide bonds. The Labute approximate surface area is 338 Å². The Morgan fingerprint density at radius 3 is 1.76 bits per heavy atom. The molecule has 0 fully saturated rings. The van der Waals surface area contributed by atoms with Gasteiger partial charge in [-0.05, 0) is 102 Å². The number of aromatic nitrogens is 3. The van der Waals surface area contributed by atoms with Crippen molar-refractivity contribution in [2.45, 2.75) is 0 Å². The molecular formula is C54H33N3S. The van der Waals surface area contributed by atoms with Crippen molar-refractivity contribution in [1.29, 1.82) is 0 Å². The van der Waals surface area contributed by atoms with Crippen molar-refractivity contribution in [1.82, 2.24) is 14.5 Å². The van der Waals surface area contributed by atoms with Crippen LogP contribution in [0.2, 0.25) is 0 Å². The summed E-state index contributed by atoms with van der Waals surface area (Å²) < 4.78 is 3.68. The first-order valence-corrected chi connectivity index (χ1v) is 20.5. The molecule has 4 heteroatoms. The van der Waals surface area contributed by atoms with Crippen LogP contribution in [0.5, 0.6) is 0 Å². The molecule has 0 aliphatic rings. The highest BCUT2D eigenvalue weighted by atomic mass is 32.1. The summed E-state index contributed by atoms with van der Waals surface area (Å²) in [4.78, 5) is 10.5. The van der Waals surface area contributed by atoms with Crippen LogP contribution in [0.1, 0.15) is 0 Å². The molecule has 0 saturated heterocycles. The van der Waals surface area contributed by atoms with E-state index in [-0.39, 0.29) is 0 Å². The van der Waals surface area contributed by atoms with Crippen LogP contribution in [0.25, 0.3) is 115 Å². The smallest absolute Gasteiger partial charge is 0.162 e. The minimum atomic E-state index is 0.693. The Balaban J connectivity index is 1.19. The van der Waals surface area contributed by atoms with E-state index in [4.69, 9.17) is 9.97 Å². The summed E-state index contributed by atoms with van der Waals surface area (Å²) in [6.45, 7) is 0. The van der Waals surface area contributed by atoms with Crippen LogP contribution in [0.3, 0.4) is 0 Å². The summed E-state index contributed by atoms with van der Waals surface area (Å²) in [5, 5.41) is 13.3. The second-order valence-corrected chi connectivity index (χ2v) is 15.9. The van der Waals surface area contributed by atoms with Gasteiger partial charge in [-0.15, -0.1) is 11.3 Å². The fourth-order valence-corrected chi connectivity index (χ4v) is 9.87. The van der Waals surface area contributed by atoms with Gasteiger partial charge in [-0.2, -0.15) is 0 Å². The Hall–Kier alpha value is -7.40.